The number of hydrogen-bond acceptors (Lipinski definition) is 7. The topological polar surface area (TPSA) is 115 Å². The molecule has 2 aromatic heterocycles. The molecule has 0 spiro atoms. The van der Waals surface area contributed by atoms with E-state index in [0.717, 1.165) is 12.0 Å². The number of rotatable bonds is 8. The van der Waals surface area contributed by atoms with Crippen molar-refractivity contribution in [1.82, 2.24) is 25.1 Å². The average molecular weight is 434 g/mol. The van der Waals surface area contributed by atoms with Gasteiger partial charge in [-0.2, -0.15) is 9.61 Å². The molecule has 156 valence electrons. The van der Waals surface area contributed by atoms with E-state index in [1.54, 1.807) is 24.3 Å². The van der Waals surface area contributed by atoms with Crippen LogP contribution in [0.2, 0.25) is 0 Å². The predicted molar refractivity (Wildman–Crippen MR) is 117 cm³/mol. The Kier molecular flexibility index (Phi) is 6.18. The minimum absolute atomic E-state index is 0.00933. The smallest absolute Gasteiger partial charge is 0.270 e. The number of aromatic nitrogens is 4. The van der Waals surface area contributed by atoms with Crippen LogP contribution in [0.25, 0.3) is 16.9 Å². The normalized spacial score (nSPS) is 10.8. The highest BCUT2D eigenvalue weighted by Gasteiger charge is 2.13. The zero-order chi connectivity index (χ0) is 21.6. The third-order valence-electron chi connectivity index (χ3n) is 4.50. The van der Waals surface area contributed by atoms with Gasteiger partial charge in [0, 0.05) is 24.2 Å². The standard InChI is InChI=1S/C21H18N6O3S/c28-20(22-12-11-15-5-2-1-3-6-15)14-31-21-24-23-19-10-9-18(25-26(19)21)16-7-4-8-17(13-16)27(29)30/h1-10,13H,11-12,14H2,(H,22,28). The summed E-state index contributed by atoms with van der Waals surface area (Å²) in [6, 6.07) is 19.7. The zero-order valence-electron chi connectivity index (χ0n) is 16.3. The van der Waals surface area contributed by atoms with Gasteiger partial charge in [0.2, 0.25) is 11.1 Å². The van der Waals surface area contributed by atoms with Crippen molar-refractivity contribution >= 4 is 29.0 Å². The molecule has 0 atom stereocenters. The first-order valence-corrected chi connectivity index (χ1v) is 10.5. The van der Waals surface area contributed by atoms with Gasteiger partial charge in [-0.1, -0.05) is 54.2 Å². The van der Waals surface area contributed by atoms with Gasteiger partial charge < -0.3 is 5.32 Å². The van der Waals surface area contributed by atoms with Crippen LogP contribution < -0.4 is 5.32 Å². The number of amides is 1. The van der Waals surface area contributed by atoms with Crippen molar-refractivity contribution in [2.75, 3.05) is 12.3 Å². The number of carbonyl (C=O) groups excluding carboxylic acids is 1. The van der Waals surface area contributed by atoms with E-state index < -0.39 is 4.92 Å². The Morgan fingerprint density at radius 1 is 1.06 bits per heavy atom. The van der Waals surface area contributed by atoms with Crippen molar-refractivity contribution in [3.63, 3.8) is 0 Å². The molecule has 9 nitrogen and oxygen atoms in total. The lowest BCUT2D eigenvalue weighted by atomic mass is 10.1. The number of hydrogen-bond donors (Lipinski definition) is 1. The molecule has 10 heteroatoms. The lowest BCUT2D eigenvalue weighted by Crippen LogP contribution is -2.27. The molecule has 4 rings (SSSR count). The fraction of sp³-hybridized carbons (Fsp3) is 0.143. The van der Waals surface area contributed by atoms with Gasteiger partial charge >= 0.3 is 0 Å². The molecular weight excluding hydrogens is 416 g/mol. The summed E-state index contributed by atoms with van der Waals surface area (Å²) in [5.41, 5.74) is 2.84. The molecule has 0 saturated carbocycles. The fourth-order valence-corrected chi connectivity index (χ4v) is 3.68. The maximum atomic E-state index is 12.2. The molecule has 0 aliphatic rings. The Bertz CT molecular complexity index is 1230. The van der Waals surface area contributed by atoms with Crippen molar-refractivity contribution in [3.8, 4) is 11.3 Å². The van der Waals surface area contributed by atoms with Crippen LogP contribution in [0.15, 0.2) is 71.9 Å². The number of carbonyl (C=O) groups is 1. The van der Waals surface area contributed by atoms with E-state index >= 15 is 0 Å². The van der Waals surface area contributed by atoms with Gasteiger partial charge in [0.1, 0.15) is 0 Å². The van der Waals surface area contributed by atoms with Crippen LogP contribution in [0, 0.1) is 10.1 Å². The van der Waals surface area contributed by atoms with E-state index in [2.05, 4.69) is 20.6 Å². The second-order valence-corrected chi connectivity index (χ2v) is 7.60. The maximum absolute atomic E-state index is 12.2. The molecule has 0 aliphatic heterocycles. The highest BCUT2D eigenvalue weighted by molar-refractivity contribution is 7.99. The molecule has 0 fully saturated rings. The number of thioether (sulfide) groups is 1. The second-order valence-electron chi connectivity index (χ2n) is 6.65. The number of nitrogens with one attached hydrogen (secondary N) is 1. The van der Waals surface area contributed by atoms with Crippen LogP contribution in [0.1, 0.15) is 5.56 Å². The number of nitro benzene ring substituents is 1. The highest BCUT2D eigenvalue weighted by Crippen LogP contribution is 2.23. The molecule has 2 aromatic carbocycles. The van der Waals surface area contributed by atoms with Crippen molar-refractivity contribution in [1.29, 1.82) is 0 Å². The highest BCUT2D eigenvalue weighted by atomic mass is 32.2. The van der Waals surface area contributed by atoms with E-state index in [0.29, 0.717) is 28.6 Å². The van der Waals surface area contributed by atoms with Crippen LogP contribution in [-0.4, -0.2) is 42.9 Å². The molecule has 0 radical (unpaired) electrons. The fourth-order valence-electron chi connectivity index (χ4n) is 2.96. The summed E-state index contributed by atoms with van der Waals surface area (Å²) in [6.07, 6.45) is 0.763. The minimum atomic E-state index is -0.446. The summed E-state index contributed by atoms with van der Waals surface area (Å²) in [5, 5.41) is 27.1. The largest absolute Gasteiger partial charge is 0.355 e. The van der Waals surface area contributed by atoms with Crippen molar-refractivity contribution in [3.05, 3.63) is 82.4 Å². The molecule has 4 aromatic rings. The third kappa shape index (κ3) is 5.04. The van der Waals surface area contributed by atoms with Crippen LogP contribution in [0.5, 0.6) is 0 Å². The quantitative estimate of drug-likeness (QED) is 0.257. The average Bonchev–Trinajstić information content (AvgIpc) is 3.21. The molecule has 2 heterocycles. The molecule has 0 bridgehead atoms. The maximum Gasteiger partial charge on any atom is 0.270 e. The van der Waals surface area contributed by atoms with Gasteiger partial charge in [0.05, 0.1) is 16.4 Å². The Labute approximate surface area is 181 Å². The minimum Gasteiger partial charge on any atom is -0.355 e. The van der Waals surface area contributed by atoms with Gasteiger partial charge in [-0.15, -0.1) is 10.2 Å². The van der Waals surface area contributed by atoms with Crippen LogP contribution in [0.3, 0.4) is 0 Å². The molecule has 1 N–H and O–H groups in total. The lowest BCUT2D eigenvalue weighted by molar-refractivity contribution is -0.384. The third-order valence-corrected chi connectivity index (χ3v) is 5.42. The van der Waals surface area contributed by atoms with E-state index in [1.165, 1.54) is 28.4 Å². The van der Waals surface area contributed by atoms with Gasteiger partial charge in [-0.05, 0) is 24.1 Å². The van der Waals surface area contributed by atoms with E-state index in [1.807, 2.05) is 30.3 Å². The summed E-state index contributed by atoms with van der Waals surface area (Å²) in [6.45, 7) is 0.555. The van der Waals surface area contributed by atoms with E-state index in [9.17, 15) is 14.9 Å². The Morgan fingerprint density at radius 3 is 2.71 bits per heavy atom. The number of nitro groups is 1. The number of nitrogens with zero attached hydrogens (tertiary/aromatic N) is 5. The van der Waals surface area contributed by atoms with Crippen LogP contribution in [-0.2, 0) is 11.2 Å². The molecule has 1 amide bonds. The lowest BCUT2D eigenvalue weighted by Gasteiger charge is -2.05. The molecule has 31 heavy (non-hydrogen) atoms. The number of non-ortho nitro benzene ring substituents is 1. The summed E-state index contributed by atoms with van der Waals surface area (Å²) < 4.78 is 1.54. The Balaban J connectivity index is 1.41. The summed E-state index contributed by atoms with van der Waals surface area (Å²) >= 11 is 1.23. The Hall–Kier alpha value is -3.79. The second kappa shape index (κ2) is 9.35. The number of fused-ring (bicyclic) bond motifs is 1. The zero-order valence-corrected chi connectivity index (χ0v) is 17.2. The van der Waals surface area contributed by atoms with Crippen molar-refractivity contribution in [2.45, 2.75) is 11.6 Å². The Morgan fingerprint density at radius 2 is 1.90 bits per heavy atom. The summed E-state index contributed by atoms with van der Waals surface area (Å²) in [4.78, 5) is 22.8. The first-order chi connectivity index (χ1) is 15.1. The van der Waals surface area contributed by atoms with Gasteiger partial charge in [-0.3, -0.25) is 14.9 Å². The molecule has 0 saturated heterocycles. The first-order valence-electron chi connectivity index (χ1n) is 9.51. The first kappa shape index (κ1) is 20.5. The predicted octanol–water partition coefficient (Wildman–Crippen LogP) is 3.15. The number of benzene rings is 2. The van der Waals surface area contributed by atoms with Crippen molar-refractivity contribution < 1.29 is 9.72 Å². The molecular formula is C21H18N6O3S. The molecule has 0 unspecified atom stereocenters. The van der Waals surface area contributed by atoms with E-state index in [-0.39, 0.29) is 17.3 Å². The summed E-state index contributed by atoms with van der Waals surface area (Å²) in [5.74, 6) is 0.0747. The van der Waals surface area contributed by atoms with Crippen molar-refractivity contribution in [2.24, 2.45) is 0 Å². The van der Waals surface area contributed by atoms with Crippen LogP contribution >= 0.6 is 11.8 Å². The van der Waals surface area contributed by atoms with Gasteiger partial charge in [-0.25, -0.2) is 0 Å². The van der Waals surface area contributed by atoms with Gasteiger partial charge in [0.25, 0.3) is 5.69 Å². The van der Waals surface area contributed by atoms with E-state index in [4.69, 9.17) is 0 Å². The van der Waals surface area contributed by atoms with Crippen LogP contribution in [0.4, 0.5) is 5.69 Å². The monoisotopic (exact) mass is 434 g/mol. The SMILES string of the molecule is O=C(CSc1nnc2ccc(-c3cccc([N+](=O)[O-])c3)nn12)NCCc1ccccc1. The van der Waals surface area contributed by atoms with Gasteiger partial charge in [0.15, 0.2) is 5.65 Å². The molecule has 0 aliphatic carbocycles. The summed E-state index contributed by atoms with van der Waals surface area (Å²) in [7, 11) is 0.